The van der Waals surface area contributed by atoms with E-state index in [0.717, 1.165) is 5.56 Å². The molecule has 0 radical (unpaired) electrons. The molecular weight excluding hydrogens is 480 g/mol. The predicted molar refractivity (Wildman–Crippen MR) is 122 cm³/mol. The number of hydrogen-bond acceptors (Lipinski definition) is 5. The van der Waals surface area contributed by atoms with Crippen LogP contribution >= 0.6 is 0 Å². The van der Waals surface area contributed by atoms with E-state index in [2.05, 4.69) is 0 Å². The number of hydrogen-bond donors (Lipinski definition) is 1. The Morgan fingerprint density at radius 1 is 1.14 bits per heavy atom. The van der Waals surface area contributed by atoms with Gasteiger partial charge in [0, 0.05) is 23.1 Å². The van der Waals surface area contributed by atoms with Crippen LogP contribution in [0.1, 0.15) is 47.1 Å². The number of fused-ring (bicyclic) bond motifs is 2. The summed E-state index contributed by atoms with van der Waals surface area (Å²) in [6.45, 7) is 0.311. The summed E-state index contributed by atoms with van der Waals surface area (Å²) in [6, 6.07) is 11.0. The Kier molecular flexibility index (Phi) is 6.02. The van der Waals surface area contributed by atoms with Gasteiger partial charge in [-0.15, -0.1) is 0 Å². The summed E-state index contributed by atoms with van der Waals surface area (Å²) in [5, 5.41) is 9.58. The SMILES string of the molecule is COC(=O)CC1COc2cc(OC3CCc4c(-c5ccc(O)cc5)c(C(F)(F)F)cc(F)c43)ccc21. The van der Waals surface area contributed by atoms with E-state index in [1.54, 1.807) is 18.2 Å². The largest absolute Gasteiger partial charge is 0.508 e. The van der Waals surface area contributed by atoms with Crippen LogP contribution < -0.4 is 9.47 Å². The Balaban J connectivity index is 1.48. The van der Waals surface area contributed by atoms with Crippen molar-refractivity contribution in [1.29, 1.82) is 0 Å². The van der Waals surface area contributed by atoms with Gasteiger partial charge in [-0.05, 0) is 53.8 Å². The van der Waals surface area contributed by atoms with E-state index < -0.39 is 23.7 Å². The first-order valence-corrected chi connectivity index (χ1v) is 11.4. The van der Waals surface area contributed by atoms with Crippen LogP contribution in [0.15, 0.2) is 48.5 Å². The molecule has 5 nitrogen and oxygen atoms in total. The minimum absolute atomic E-state index is 0.0834. The minimum Gasteiger partial charge on any atom is -0.508 e. The molecule has 0 saturated heterocycles. The van der Waals surface area contributed by atoms with Crippen molar-refractivity contribution in [2.24, 2.45) is 0 Å². The van der Waals surface area contributed by atoms with Crippen LogP contribution in [-0.2, 0) is 22.1 Å². The maximum absolute atomic E-state index is 15.1. The van der Waals surface area contributed by atoms with E-state index in [1.807, 2.05) is 0 Å². The number of methoxy groups -OCH3 is 1. The minimum atomic E-state index is -4.76. The van der Waals surface area contributed by atoms with Crippen molar-refractivity contribution in [2.75, 3.05) is 13.7 Å². The van der Waals surface area contributed by atoms with Crippen molar-refractivity contribution in [3.8, 4) is 28.4 Å². The first-order chi connectivity index (χ1) is 17.2. The molecule has 0 saturated carbocycles. The van der Waals surface area contributed by atoms with Crippen molar-refractivity contribution >= 4 is 5.97 Å². The molecule has 0 aromatic heterocycles. The highest BCUT2D eigenvalue weighted by Crippen LogP contribution is 2.48. The molecule has 0 bridgehead atoms. The molecule has 5 rings (SSSR count). The summed E-state index contributed by atoms with van der Waals surface area (Å²) in [6.07, 6.45) is -4.89. The monoisotopic (exact) mass is 502 g/mol. The fraction of sp³-hybridized carbons (Fsp3) is 0.296. The van der Waals surface area contributed by atoms with Crippen molar-refractivity contribution in [3.05, 3.63) is 76.6 Å². The standard InChI is InChI=1S/C27H22F4O5/c1-34-24(33)10-15-13-35-23-11-17(6-7-18(15)23)36-22-9-8-19-25(14-2-4-16(32)5-3-14)20(27(29,30)31)12-21(28)26(19)22/h2-7,11-12,15,22,32H,8-10,13H2,1H3. The van der Waals surface area contributed by atoms with Gasteiger partial charge in [0.25, 0.3) is 0 Å². The van der Waals surface area contributed by atoms with Gasteiger partial charge in [0.15, 0.2) is 0 Å². The molecule has 1 aliphatic heterocycles. The topological polar surface area (TPSA) is 65.0 Å². The molecule has 2 aliphatic rings. The van der Waals surface area contributed by atoms with Crippen molar-refractivity contribution in [1.82, 2.24) is 0 Å². The number of alkyl halides is 3. The molecule has 2 atom stereocenters. The summed E-state index contributed by atoms with van der Waals surface area (Å²) in [5.41, 5.74) is 0.236. The summed E-state index contributed by atoms with van der Waals surface area (Å²) in [7, 11) is 1.32. The quantitative estimate of drug-likeness (QED) is 0.327. The molecule has 0 fully saturated rings. The second kappa shape index (κ2) is 9.04. The van der Waals surface area contributed by atoms with E-state index in [0.29, 0.717) is 30.6 Å². The Hall–Kier alpha value is -3.75. The summed E-state index contributed by atoms with van der Waals surface area (Å²) < 4.78 is 73.2. The normalized spacial score (nSPS) is 18.4. The molecule has 1 aliphatic carbocycles. The van der Waals surface area contributed by atoms with Crippen molar-refractivity contribution < 1.29 is 41.7 Å². The van der Waals surface area contributed by atoms with Gasteiger partial charge in [0.2, 0.25) is 0 Å². The Morgan fingerprint density at radius 3 is 2.58 bits per heavy atom. The van der Waals surface area contributed by atoms with Gasteiger partial charge in [0.1, 0.15) is 29.2 Å². The molecule has 3 aromatic carbocycles. The van der Waals surface area contributed by atoms with Gasteiger partial charge in [-0.1, -0.05) is 18.2 Å². The average molecular weight is 502 g/mol. The highest BCUT2D eigenvalue weighted by Gasteiger charge is 2.40. The van der Waals surface area contributed by atoms with E-state index in [1.165, 1.54) is 31.4 Å². The molecule has 3 aromatic rings. The molecule has 0 spiro atoms. The maximum Gasteiger partial charge on any atom is 0.417 e. The highest BCUT2D eigenvalue weighted by atomic mass is 19.4. The van der Waals surface area contributed by atoms with E-state index >= 15 is 4.39 Å². The average Bonchev–Trinajstić information content (AvgIpc) is 3.43. The Morgan fingerprint density at radius 2 is 1.89 bits per heavy atom. The number of rotatable bonds is 5. The van der Waals surface area contributed by atoms with Gasteiger partial charge in [-0.2, -0.15) is 13.2 Å². The third kappa shape index (κ3) is 4.34. The molecule has 188 valence electrons. The number of phenols is 1. The van der Waals surface area contributed by atoms with E-state index in [9.17, 15) is 23.1 Å². The fourth-order valence-electron chi connectivity index (χ4n) is 4.99. The number of carbonyl (C=O) groups excluding carboxylic acids is 1. The molecule has 1 N–H and O–H groups in total. The van der Waals surface area contributed by atoms with Gasteiger partial charge >= 0.3 is 12.1 Å². The first-order valence-electron chi connectivity index (χ1n) is 11.4. The lowest BCUT2D eigenvalue weighted by molar-refractivity contribution is -0.141. The fourth-order valence-corrected chi connectivity index (χ4v) is 4.99. The van der Waals surface area contributed by atoms with Crippen LogP contribution in [0.25, 0.3) is 11.1 Å². The zero-order valence-corrected chi connectivity index (χ0v) is 19.2. The number of carbonyl (C=O) groups is 1. The van der Waals surface area contributed by atoms with Crippen molar-refractivity contribution in [2.45, 2.75) is 37.5 Å². The summed E-state index contributed by atoms with van der Waals surface area (Å²) in [5.74, 6) is -0.636. The third-order valence-corrected chi connectivity index (χ3v) is 6.65. The van der Waals surface area contributed by atoms with Crippen LogP contribution in [0.2, 0.25) is 0 Å². The van der Waals surface area contributed by atoms with E-state index in [4.69, 9.17) is 14.2 Å². The summed E-state index contributed by atoms with van der Waals surface area (Å²) >= 11 is 0. The lowest BCUT2D eigenvalue weighted by Crippen LogP contribution is -2.12. The molecule has 1 heterocycles. The number of phenolic OH excluding ortho intramolecular Hbond substituents is 1. The molecule has 36 heavy (non-hydrogen) atoms. The maximum atomic E-state index is 15.1. The first kappa shape index (κ1) is 24.0. The third-order valence-electron chi connectivity index (χ3n) is 6.65. The second-order valence-electron chi connectivity index (χ2n) is 8.85. The zero-order chi connectivity index (χ0) is 25.6. The number of halogens is 4. The highest BCUT2D eigenvalue weighted by molar-refractivity contribution is 5.75. The van der Waals surface area contributed by atoms with Gasteiger partial charge in [-0.25, -0.2) is 4.39 Å². The smallest absolute Gasteiger partial charge is 0.417 e. The van der Waals surface area contributed by atoms with Gasteiger partial charge in [0.05, 0.1) is 25.7 Å². The number of benzene rings is 3. The molecular formula is C27H22F4O5. The zero-order valence-electron chi connectivity index (χ0n) is 19.2. The second-order valence-corrected chi connectivity index (χ2v) is 8.85. The van der Waals surface area contributed by atoms with Gasteiger partial charge in [-0.3, -0.25) is 4.79 Å². The predicted octanol–water partition coefficient (Wildman–Crippen LogP) is 6.32. The number of esters is 1. The molecule has 9 heteroatoms. The van der Waals surface area contributed by atoms with Crippen molar-refractivity contribution in [3.63, 3.8) is 0 Å². The Labute approximate surface area is 204 Å². The van der Waals surface area contributed by atoms with Crippen LogP contribution in [0, 0.1) is 5.82 Å². The van der Waals surface area contributed by atoms with Crippen LogP contribution in [0.5, 0.6) is 17.2 Å². The Bertz CT molecular complexity index is 1320. The molecule has 0 amide bonds. The lowest BCUT2D eigenvalue weighted by Gasteiger charge is -2.20. The van der Waals surface area contributed by atoms with E-state index in [-0.39, 0.29) is 52.7 Å². The van der Waals surface area contributed by atoms with Crippen LogP contribution in [0.3, 0.4) is 0 Å². The van der Waals surface area contributed by atoms with Crippen LogP contribution in [0.4, 0.5) is 17.6 Å². The lowest BCUT2D eigenvalue weighted by atomic mass is 9.91. The summed E-state index contributed by atoms with van der Waals surface area (Å²) in [4.78, 5) is 11.6. The number of aromatic hydroxyl groups is 1. The molecule has 2 unspecified atom stereocenters. The van der Waals surface area contributed by atoms with Crippen LogP contribution in [-0.4, -0.2) is 24.8 Å². The number of ether oxygens (including phenoxy) is 3. The van der Waals surface area contributed by atoms with Gasteiger partial charge < -0.3 is 19.3 Å².